The molecule has 2 aliphatic rings. The maximum absolute atomic E-state index is 13.6. The average Bonchev–Trinajstić information content (AvgIpc) is 3.05. The zero-order chi connectivity index (χ0) is 21.8. The van der Waals surface area contributed by atoms with E-state index < -0.39 is 11.6 Å². The standard InChI is InChI=1S/C25H29N3O3/c1-27(21-15-9-4-10-16-21)22(29)18-28-23(30)25(26-24(28)31,20-13-7-3-8-14-20)17-19-11-5-2-6-12-19/h2-3,5-8,11-14,21H,4,9-10,15-18H2,1H3,(H,26,31)/t25-/m1/s1. The summed E-state index contributed by atoms with van der Waals surface area (Å²) in [5.74, 6) is -0.572. The fourth-order valence-electron chi connectivity index (χ4n) is 4.73. The van der Waals surface area contributed by atoms with Crippen molar-refractivity contribution in [3.05, 3.63) is 71.8 Å². The highest BCUT2D eigenvalue weighted by Gasteiger charge is 2.53. The molecule has 1 heterocycles. The fraction of sp³-hybridized carbons (Fsp3) is 0.400. The van der Waals surface area contributed by atoms with Gasteiger partial charge in [-0.3, -0.25) is 14.5 Å². The van der Waals surface area contributed by atoms with Crippen LogP contribution in [0.1, 0.15) is 43.2 Å². The number of benzene rings is 2. The normalized spacial score (nSPS) is 21.8. The number of imide groups is 1. The number of hydrogen-bond acceptors (Lipinski definition) is 3. The lowest BCUT2D eigenvalue weighted by molar-refractivity contribution is -0.140. The summed E-state index contributed by atoms with van der Waals surface area (Å²) in [6.07, 6.45) is 5.70. The van der Waals surface area contributed by atoms with Gasteiger partial charge in [-0.1, -0.05) is 79.9 Å². The molecule has 6 nitrogen and oxygen atoms in total. The van der Waals surface area contributed by atoms with Crippen LogP contribution >= 0.6 is 0 Å². The zero-order valence-electron chi connectivity index (χ0n) is 17.9. The molecule has 4 rings (SSSR count). The zero-order valence-corrected chi connectivity index (χ0v) is 17.9. The van der Waals surface area contributed by atoms with Gasteiger partial charge in [0.1, 0.15) is 6.54 Å². The van der Waals surface area contributed by atoms with Crippen molar-refractivity contribution >= 4 is 17.8 Å². The average molecular weight is 420 g/mol. The van der Waals surface area contributed by atoms with Crippen molar-refractivity contribution in [3.8, 4) is 0 Å². The number of nitrogens with zero attached hydrogens (tertiary/aromatic N) is 2. The van der Waals surface area contributed by atoms with Crippen LogP contribution in [0, 0.1) is 0 Å². The van der Waals surface area contributed by atoms with Crippen molar-refractivity contribution in [2.75, 3.05) is 13.6 Å². The summed E-state index contributed by atoms with van der Waals surface area (Å²) in [7, 11) is 1.78. The highest BCUT2D eigenvalue weighted by atomic mass is 16.2. The van der Waals surface area contributed by atoms with Crippen LogP contribution in [0.2, 0.25) is 0 Å². The van der Waals surface area contributed by atoms with Crippen molar-refractivity contribution in [2.45, 2.75) is 50.1 Å². The van der Waals surface area contributed by atoms with Gasteiger partial charge in [0.2, 0.25) is 5.91 Å². The number of rotatable bonds is 6. The lowest BCUT2D eigenvalue weighted by Gasteiger charge is -2.32. The molecule has 0 spiro atoms. The maximum Gasteiger partial charge on any atom is 0.325 e. The molecule has 6 heteroatoms. The van der Waals surface area contributed by atoms with Crippen molar-refractivity contribution in [1.29, 1.82) is 0 Å². The number of hydrogen-bond donors (Lipinski definition) is 1. The second-order valence-corrected chi connectivity index (χ2v) is 8.55. The van der Waals surface area contributed by atoms with Crippen LogP contribution in [-0.2, 0) is 21.5 Å². The van der Waals surface area contributed by atoms with Crippen LogP contribution < -0.4 is 5.32 Å². The van der Waals surface area contributed by atoms with E-state index in [9.17, 15) is 14.4 Å². The summed E-state index contributed by atoms with van der Waals surface area (Å²) in [6.45, 7) is -0.235. The molecule has 31 heavy (non-hydrogen) atoms. The van der Waals surface area contributed by atoms with Gasteiger partial charge in [-0.05, 0) is 24.0 Å². The number of amides is 4. The molecule has 0 unspecified atom stereocenters. The van der Waals surface area contributed by atoms with Gasteiger partial charge in [0.25, 0.3) is 5.91 Å². The molecule has 4 amide bonds. The molecule has 1 saturated carbocycles. The minimum atomic E-state index is -1.22. The Labute approximate surface area is 183 Å². The smallest absolute Gasteiger partial charge is 0.325 e. The molecule has 1 N–H and O–H groups in total. The Morgan fingerprint density at radius 1 is 1.00 bits per heavy atom. The van der Waals surface area contributed by atoms with Crippen molar-refractivity contribution < 1.29 is 14.4 Å². The Morgan fingerprint density at radius 3 is 2.26 bits per heavy atom. The molecule has 0 aromatic heterocycles. The fourth-order valence-corrected chi connectivity index (χ4v) is 4.73. The van der Waals surface area contributed by atoms with Crippen molar-refractivity contribution in [1.82, 2.24) is 15.1 Å². The van der Waals surface area contributed by atoms with Crippen LogP contribution in [0.25, 0.3) is 0 Å². The molecule has 1 saturated heterocycles. The van der Waals surface area contributed by atoms with Gasteiger partial charge in [-0.2, -0.15) is 0 Å². The van der Waals surface area contributed by atoms with Gasteiger partial charge in [0, 0.05) is 19.5 Å². The minimum absolute atomic E-state index is 0.185. The van der Waals surface area contributed by atoms with E-state index >= 15 is 0 Å². The van der Waals surface area contributed by atoms with E-state index in [4.69, 9.17) is 0 Å². The predicted octanol–water partition coefficient (Wildman–Crippen LogP) is 3.47. The predicted molar refractivity (Wildman–Crippen MR) is 118 cm³/mol. The molecule has 1 aliphatic heterocycles. The summed E-state index contributed by atoms with van der Waals surface area (Å²) in [5.41, 5.74) is 0.434. The first-order chi connectivity index (χ1) is 15.0. The summed E-state index contributed by atoms with van der Waals surface area (Å²) in [6, 6.07) is 18.6. The van der Waals surface area contributed by atoms with Crippen molar-refractivity contribution in [2.24, 2.45) is 0 Å². The van der Waals surface area contributed by atoms with Gasteiger partial charge in [-0.25, -0.2) is 4.79 Å². The van der Waals surface area contributed by atoms with Crippen LogP contribution in [-0.4, -0.2) is 47.3 Å². The van der Waals surface area contributed by atoms with E-state index in [0.717, 1.165) is 36.1 Å². The molecular formula is C25H29N3O3. The minimum Gasteiger partial charge on any atom is -0.341 e. The van der Waals surface area contributed by atoms with E-state index in [1.165, 1.54) is 6.42 Å². The summed E-state index contributed by atoms with van der Waals surface area (Å²) in [4.78, 5) is 42.3. The molecule has 0 bridgehead atoms. The highest BCUT2D eigenvalue weighted by molar-refractivity contribution is 6.09. The Balaban J connectivity index is 1.59. The first-order valence-corrected chi connectivity index (χ1v) is 11.0. The Morgan fingerprint density at radius 2 is 1.61 bits per heavy atom. The van der Waals surface area contributed by atoms with Gasteiger partial charge in [-0.15, -0.1) is 0 Å². The number of nitrogens with one attached hydrogen (secondary N) is 1. The van der Waals surface area contributed by atoms with E-state index in [0.29, 0.717) is 12.0 Å². The number of likely N-dealkylation sites (N-methyl/N-ethyl adjacent to an activating group) is 1. The molecule has 2 fully saturated rings. The van der Waals surface area contributed by atoms with Crippen LogP contribution in [0.3, 0.4) is 0 Å². The van der Waals surface area contributed by atoms with Gasteiger partial charge in [0.15, 0.2) is 5.54 Å². The number of carbonyl (C=O) groups excluding carboxylic acids is 3. The third kappa shape index (κ3) is 4.20. The number of urea groups is 1. The summed E-state index contributed by atoms with van der Waals surface area (Å²) in [5, 5.41) is 2.92. The second-order valence-electron chi connectivity index (χ2n) is 8.55. The maximum atomic E-state index is 13.6. The SMILES string of the molecule is CN(C(=O)CN1C(=O)N[C@](Cc2ccccc2)(c2ccccc2)C1=O)C1CCCCC1. The van der Waals surface area contributed by atoms with E-state index in [1.807, 2.05) is 60.7 Å². The molecule has 2 aromatic rings. The number of carbonyl (C=O) groups is 3. The Hall–Kier alpha value is -3.15. The van der Waals surface area contributed by atoms with Gasteiger partial charge >= 0.3 is 6.03 Å². The van der Waals surface area contributed by atoms with Crippen LogP contribution in [0.4, 0.5) is 4.79 Å². The van der Waals surface area contributed by atoms with Crippen molar-refractivity contribution in [3.63, 3.8) is 0 Å². The quantitative estimate of drug-likeness (QED) is 0.729. The van der Waals surface area contributed by atoms with E-state index in [-0.39, 0.29) is 24.4 Å². The summed E-state index contributed by atoms with van der Waals surface area (Å²) < 4.78 is 0. The van der Waals surface area contributed by atoms with E-state index in [2.05, 4.69) is 5.32 Å². The topological polar surface area (TPSA) is 69.7 Å². The Bertz CT molecular complexity index is 941. The van der Waals surface area contributed by atoms with Crippen LogP contribution in [0.5, 0.6) is 0 Å². The second kappa shape index (κ2) is 8.92. The largest absolute Gasteiger partial charge is 0.341 e. The molecule has 0 radical (unpaired) electrons. The third-order valence-corrected chi connectivity index (χ3v) is 6.56. The first-order valence-electron chi connectivity index (χ1n) is 11.0. The van der Waals surface area contributed by atoms with E-state index in [1.54, 1.807) is 11.9 Å². The van der Waals surface area contributed by atoms with Gasteiger partial charge in [0.05, 0.1) is 0 Å². The molecule has 162 valence electrons. The lowest BCUT2D eigenvalue weighted by atomic mass is 9.83. The third-order valence-electron chi connectivity index (χ3n) is 6.56. The van der Waals surface area contributed by atoms with Gasteiger partial charge < -0.3 is 10.2 Å². The molecule has 2 aromatic carbocycles. The highest BCUT2D eigenvalue weighted by Crippen LogP contribution is 2.33. The Kier molecular flexibility index (Phi) is 6.07. The molecular weight excluding hydrogens is 390 g/mol. The molecule has 1 atom stereocenters. The molecule has 1 aliphatic carbocycles. The summed E-state index contributed by atoms with van der Waals surface area (Å²) >= 11 is 0. The first kappa shape index (κ1) is 21.1. The lowest BCUT2D eigenvalue weighted by Crippen LogP contribution is -2.48. The monoisotopic (exact) mass is 419 g/mol. The van der Waals surface area contributed by atoms with Crippen LogP contribution in [0.15, 0.2) is 60.7 Å².